The zero-order valence-corrected chi connectivity index (χ0v) is 10.5. The average molecular weight is 282 g/mol. The van der Waals surface area contributed by atoms with Crippen LogP contribution in [0.15, 0.2) is 48.5 Å². The Morgan fingerprint density at radius 2 is 1.70 bits per heavy atom. The van der Waals surface area contributed by atoms with Gasteiger partial charge in [0.25, 0.3) is 0 Å². The van der Waals surface area contributed by atoms with Crippen LogP contribution in [0.5, 0.6) is 5.75 Å². The molecule has 2 aromatic rings. The number of benzene rings is 2. The molecule has 0 aliphatic heterocycles. The molecule has 2 aromatic carbocycles. The quantitative estimate of drug-likeness (QED) is 0.924. The van der Waals surface area contributed by atoms with Crippen LogP contribution in [0.1, 0.15) is 16.7 Å². The molecule has 2 nitrogen and oxygen atoms in total. The van der Waals surface area contributed by atoms with E-state index in [4.69, 9.17) is 9.84 Å². The topological polar surface area (TPSA) is 29.5 Å². The molecule has 0 atom stereocenters. The first-order valence-electron chi connectivity index (χ1n) is 5.98. The van der Waals surface area contributed by atoms with Crippen molar-refractivity contribution in [1.82, 2.24) is 0 Å². The van der Waals surface area contributed by atoms with Gasteiger partial charge in [0.15, 0.2) is 0 Å². The Labute approximate surface area is 114 Å². The van der Waals surface area contributed by atoms with Gasteiger partial charge in [0.2, 0.25) is 0 Å². The van der Waals surface area contributed by atoms with Gasteiger partial charge >= 0.3 is 6.18 Å². The highest BCUT2D eigenvalue weighted by atomic mass is 19.4. The highest BCUT2D eigenvalue weighted by Crippen LogP contribution is 2.33. The first kappa shape index (κ1) is 14.4. The molecule has 0 saturated heterocycles. The van der Waals surface area contributed by atoms with Crippen LogP contribution in [0.2, 0.25) is 0 Å². The maximum Gasteiger partial charge on any atom is 0.416 e. The normalized spacial score (nSPS) is 11.4. The number of ether oxygens (including phenoxy) is 1. The molecule has 0 bridgehead atoms. The van der Waals surface area contributed by atoms with Crippen molar-refractivity contribution in [3.05, 3.63) is 65.2 Å². The molecular formula is C15H13F3O2. The van der Waals surface area contributed by atoms with E-state index in [-0.39, 0.29) is 19.0 Å². The predicted octanol–water partition coefficient (Wildman–Crippen LogP) is 3.78. The third-order valence-corrected chi connectivity index (χ3v) is 2.80. The number of rotatable bonds is 4. The molecule has 0 unspecified atom stereocenters. The minimum Gasteiger partial charge on any atom is -0.489 e. The monoisotopic (exact) mass is 282 g/mol. The molecular weight excluding hydrogens is 269 g/mol. The highest BCUT2D eigenvalue weighted by Gasteiger charge is 2.31. The second kappa shape index (κ2) is 5.96. The molecule has 0 aromatic heterocycles. The third kappa shape index (κ3) is 3.51. The van der Waals surface area contributed by atoms with Crippen molar-refractivity contribution in [3.63, 3.8) is 0 Å². The maximum absolute atomic E-state index is 12.6. The van der Waals surface area contributed by atoms with Crippen LogP contribution in [0.25, 0.3) is 0 Å². The summed E-state index contributed by atoms with van der Waals surface area (Å²) in [6, 6.07) is 12.2. The van der Waals surface area contributed by atoms with Gasteiger partial charge in [0.05, 0.1) is 12.2 Å². The van der Waals surface area contributed by atoms with Gasteiger partial charge in [-0.1, -0.05) is 36.4 Å². The molecule has 0 radical (unpaired) electrons. The van der Waals surface area contributed by atoms with Crippen LogP contribution >= 0.6 is 0 Å². The molecule has 0 fully saturated rings. The van der Waals surface area contributed by atoms with E-state index >= 15 is 0 Å². The Morgan fingerprint density at radius 3 is 2.30 bits per heavy atom. The third-order valence-electron chi connectivity index (χ3n) is 2.80. The van der Waals surface area contributed by atoms with Gasteiger partial charge in [-0.25, -0.2) is 0 Å². The highest BCUT2D eigenvalue weighted by molar-refractivity contribution is 5.38. The fraction of sp³-hybridized carbons (Fsp3) is 0.200. The van der Waals surface area contributed by atoms with Crippen molar-refractivity contribution in [1.29, 1.82) is 0 Å². The van der Waals surface area contributed by atoms with E-state index in [1.54, 1.807) is 0 Å². The molecule has 106 valence electrons. The minimum absolute atomic E-state index is 0.0474. The average Bonchev–Trinajstić information content (AvgIpc) is 2.45. The lowest BCUT2D eigenvalue weighted by molar-refractivity contribution is -0.137. The Balaban J connectivity index is 2.21. The van der Waals surface area contributed by atoms with Gasteiger partial charge in [-0.05, 0) is 17.7 Å². The van der Waals surface area contributed by atoms with Crippen molar-refractivity contribution < 1.29 is 23.0 Å². The first-order valence-corrected chi connectivity index (χ1v) is 5.98. The van der Waals surface area contributed by atoms with Gasteiger partial charge in [-0.2, -0.15) is 13.2 Å². The summed E-state index contributed by atoms with van der Waals surface area (Å²) >= 11 is 0. The summed E-state index contributed by atoms with van der Waals surface area (Å²) in [5.74, 6) is 0.0474. The first-order chi connectivity index (χ1) is 9.50. The summed E-state index contributed by atoms with van der Waals surface area (Å²) in [4.78, 5) is 0. The minimum atomic E-state index is -4.43. The summed E-state index contributed by atoms with van der Waals surface area (Å²) in [6.45, 7) is -0.225. The summed E-state index contributed by atoms with van der Waals surface area (Å²) < 4.78 is 43.3. The molecule has 0 amide bonds. The van der Waals surface area contributed by atoms with Gasteiger partial charge < -0.3 is 9.84 Å². The molecule has 2 rings (SSSR count). The Kier molecular flexibility index (Phi) is 4.29. The molecule has 0 heterocycles. The fourth-order valence-corrected chi connectivity index (χ4v) is 1.73. The van der Waals surface area contributed by atoms with Gasteiger partial charge in [-0.3, -0.25) is 0 Å². The molecule has 5 heteroatoms. The zero-order valence-electron chi connectivity index (χ0n) is 10.5. The Hall–Kier alpha value is -2.01. The summed E-state index contributed by atoms with van der Waals surface area (Å²) in [5, 5.41) is 9.15. The van der Waals surface area contributed by atoms with Crippen molar-refractivity contribution in [2.45, 2.75) is 19.4 Å². The van der Waals surface area contributed by atoms with E-state index in [1.165, 1.54) is 6.07 Å². The number of alkyl halides is 3. The molecule has 0 aliphatic rings. The van der Waals surface area contributed by atoms with E-state index in [9.17, 15) is 13.2 Å². The lowest BCUT2D eigenvalue weighted by Gasteiger charge is -2.13. The van der Waals surface area contributed by atoms with Crippen molar-refractivity contribution in [2.24, 2.45) is 0 Å². The summed E-state index contributed by atoms with van der Waals surface area (Å²) in [6.07, 6.45) is -4.43. The van der Waals surface area contributed by atoms with Crippen molar-refractivity contribution >= 4 is 0 Å². The second-order valence-corrected chi connectivity index (χ2v) is 4.25. The predicted molar refractivity (Wildman–Crippen MR) is 68.1 cm³/mol. The maximum atomic E-state index is 12.6. The van der Waals surface area contributed by atoms with Crippen LogP contribution in [0.3, 0.4) is 0 Å². The standard InChI is InChI=1S/C15H13F3O2/c16-15(17,18)13-7-6-12(9-19)14(8-13)20-10-11-4-2-1-3-5-11/h1-8,19H,9-10H2. The molecule has 1 N–H and O–H groups in total. The van der Waals surface area contributed by atoms with E-state index in [1.807, 2.05) is 30.3 Å². The largest absolute Gasteiger partial charge is 0.489 e. The number of hydrogen-bond donors (Lipinski definition) is 1. The van der Waals surface area contributed by atoms with Crippen molar-refractivity contribution in [2.75, 3.05) is 0 Å². The van der Waals surface area contributed by atoms with E-state index < -0.39 is 11.7 Å². The SMILES string of the molecule is OCc1ccc(C(F)(F)F)cc1OCc1ccccc1. The molecule has 0 saturated carbocycles. The Bertz CT molecular complexity index is 565. The molecule has 0 aliphatic carbocycles. The van der Waals surface area contributed by atoms with Crippen LogP contribution in [-0.4, -0.2) is 5.11 Å². The van der Waals surface area contributed by atoms with Crippen LogP contribution in [0, 0.1) is 0 Å². The molecule has 20 heavy (non-hydrogen) atoms. The van der Waals surface area contributed by atoms with Gasteiger partial charge in [0, 0.05) is 5.56 Å². The number of aliphatic hydroxyl groups excluding tert-OH is 1. The second-order valence-electron chi connectivity index (χ2n) is 4.25. The number of hydrogen-bond acceptors (Lipinski definition) is 2. The van der Waals surface area contributed by atoms with Gasteiger partial charge in [0.1, 0.15) is 12.4 Å². The van der Waals surface area contributed by atoms with Crippen LogP contribution in [0.4, 0.5) is 13.2 Å². The van der Waals surface area contributed by atoms with E-state index in [0.29, 0.717) is 5.56 Å². The summed E-state index contributed by atoms with van der Waals surface area (Å²) in [7, 11) is 0. The smallest absolute Gasteiger partial charge is 0.416 e. The van der Waals surface area contributed by atoms with E-state index in [2.05, 4.69) is 0 Å². The fourth-order valence-electron chi connectivity index (χ4n) is 1.73. The van der Waals surface area contributed by atoms with Crippen molar-refractivity contribution in [3.8, 4) is 5.75 Å². The number of aliphatic hydroxyl groups is 1. The van der Waals surface area contributed by atoms with Gasteiger partial charge in [-0.15, -0.1) is 0 Å². The zero-order chi connectivity index (χ0) is 14.6. The number of halogens is 3. The lowest BCUT2D eigenvalue weighted by Crippen LogP contribution is -2.07. The molecule has 0 spiro atoms. The van der Waals surface area contributed by atoms with Crippen LogP contribution in [-0.2, 0) is 19.4 Å². The Morgan fingerprint density at radius 1 is 1.00 bits per heavy atom. The van der Waals surface area contributed by atoms with Crippen LogP contribution < -0.4 is 4.74 Å². The lowest BCUT2D eigenvalue weighted by atomic mass is 10.1. The van der Waals surface area contributed by atoms with E-state index in [0.717, 1.165) is 17.7 Å². The summed E-state index contributed by atoms with van der Waals surface area (Å²) in [5.41, 5.74) is 0.375.